The third kappa shape index (κ3) is 4.63. The monoisotopic (exact) mass is 384 g/mol. The lowest BCUT2D eigenvalue weighted by Gasteiger charge is -2.19. The van der Waals surface area contributed by atoms with Gasteiger partial charge < -0.3 is 0 Å². The zero-order valence-electron chi connectivity index (χ0n) is 16.1. The molecule has 0 aliphatic heterocycles. The van der Waals surface area contributed by atoms with Gasteiger partial charge in [0.2, 0.25) is 0 Å². The Labute approximate surface area is 159 Å². The average molecular weight is 385 g/mol. The molecule has 0 unspecified atom stereocenters. The molecule has 3 rings (SSSR count). The topological polar surface area (TPSA) is 68.5 Å². The molecule has 6 heteroatoms. The number of sulfone groups is 1. The van der Waals surface area contributed by atoms with Crippen LogP contribution in [0.15, 0.2) is 53.5 Å². The Morgan fingerprint density at radius 2 is 1.67 bits per heavy atom. The molecule has 2 heterocycles. The van der Waals surface area contributed by atoms with Gasteiger partial charge in [0.05, 0.1) is 17.2 Å². The largest absolute Gasteiger partial charge is 0.269 e. The molecular weight excluding hydrogens is 360 g/mol. The fourth-order valence-corrected chi connectivity index (χ4v) is 4.36. The van der Waals surface area contributed by atoms with E-state index >= 15 is 0 Å². The van der Waals surface area contributed by atoms with Crippen molar-refractivity contribution < 1.29 is 8.42 Å². The van der Waals surface area contributed by atoms with Crippen LogP contribution in [0.3, 0.4) is 0 Å². The molecule has 0 bridgehead atoms. The number of fused-ring (bicyclic) bond motifs is 1. The van der Waals surface area contributed by atoms with Crippen LogP contribution in [0, 0.1) is 6.92 Å². The molecule has 0 amide bonds. The van der Waals surface area contributed by atoms with Crippen molar-refractivity contribution in [1.29, 1.82) is 0 Å². The van der Waals surface area contributed by atoms with E-state index in [1.165, 1.54) is 10.5 Å². The summed E-state index contributed by atoms with van der Waals surface area (Å²) >= 11 is 0. The zero-order chi connectivity index (χ0) is 19.8. The summed E-state index contributed by atoms with van der Waals surface area (Å²) in [5.41, 5.74) is 3.30. The lowest BCUT2D eigenvalue weighted by molar-refractivity contribution is 0.589. The Bertz CT molecular complexity index is 1140. The highest BCUT2D eigenvalue weighted by atomic mass is 32.2. The number of nitrogens with zero attached hydrogens (tertiary/aromatic N) is 2. The van der Waals surface area contributed by atoms with Crippen molar-refractivity contribution in [2.45, 2.75) is 44.6 Å². The van der Waals surface area contributed by atoms with Gasteiger partial charge in [0, 0.05) is 12.3 Å². The summed E-state index contributed by atoms with van der Waals surface area (Å²) in [4.78, 5) is 16.6. The van der Waals surface area contributed by atoms with E-state index in [9.17, 15) is 13.2 Å². The number of pyridine rings is 1. The summed E-state index contributed by atoms with van der Waals surface area (Å²) in [6.07, 6.45) is 1.69. The van der Waals surface area contributed by atoms with Gasteiger partial charge >= 0.3 is 0 Å². The second-order valence-electron chi connectivity index (χ2n) is 8.00. The van der Waals surface area contributed by atoms with Crippen LogP contribution in [0.5, 0.6) is 0 Å². The normalized spacial score (nSPS) is 12.4. The Balaban J connectivity index is 1.83. The van der Waals surface area contributed by atoms with Crippen molar-refractivity contribution in [3.05, 3.63) is 81.4 Å². The number of aromatic nitrogens is 2. The minimum Gasteiger partial charge on any atom is -0.269 e. The Kier molecular flexibility index (Phi) is 4.95. The molecule has 3 aromatic rings. The molecule has 2 aromatic heterocycles. The summed E-state index contributed by atoms with van der Waals surface area (Å²) in [5.74, 6) is -0.333. The smallest absolute Gasteiger partial charge is 0.258 e. The summed E-state index contributed by atoms with van der Waals surface area (Å²) < 4.78 is 26.6. The molecule has 0 saturated carbocycles. The highest BCUT2D eigenvalue weighted by Gasteiger charge is 2.17. The van der Waals surface area contributed by atoms with Crippen molar-refractivity contribution in [2.75, 3.05) is 0 Å². The van der Waals surface area contributed by atoms with E-state index in [1.54, 1.807) is 12.3 Å². The van der Waals surface area contributed by atoms with Crippen molar-refractivity contribution >= 4 is 15.5 Å². The van der Waals surface area contributed by atoms with Gasteiger partial charge in [0.25, 0.3) is 5.56 Å². The van der Waals surface area contributed by atoms with E-state index in [4.69, 9.17) is 0 Å². The lowest BCUT2D eigenvalue weighted by Crippen LogP contribution is -2.18. The Morgan fingerprint density at radius 3 is 2.30 bits per heavy atom. The van der Waals surface area contributed by atoms with Gasteiger partial charge in [-0.3, -0.25) is 9.20 Å². The molecule has 0 aliphatic rings. The molecular formula is C21H24N2O3S. The quantitative estimate of drug-likeness (QED) is 0.691. The van der Waals surface area contributed by atoms with E-state index in [-0.39, 0.29) is 28.2 Å². The summed E-state index contributed by atoms with van der Waals surface area (Å²) in [7, 11) is -3.44. The average Bonchev–Trinajstić information content (AvgIpc) is 2.54. The summed E-state index contributed by atoms with van der Waals surface area (Å²) in [6, 6.07) is 12.5. The van der Waals surface area contributed by atoms with Crippen LogP contribution in [0.2, 0.25) is 0 Å². The van der Waals surface area contributed by atoms with E-state index in [0.717, 1.165) is 16.7 Å². The van der Waals surface area contributed by atoms with Gasteiger partial charge in [-0.1, -0.05) is 51.1 Å². The number of hydrogen-bond acceptors (Lipinski definition) is 4. The first kappa shape index (κ1) is 19.3. The van der Waals surface area contributed by atoms with E-state index in [0.29, 0.717) is 5.65 Å². The van der Waals surface area contributed by atoms with E-state index in [1.807, 2.05) is 37.3 Å². The maximum absolute atomic E-state index is 12.6. The van der Waals surface area contributed by atoms with Gasteiger partial charge in [-0.05, 0) is 35.1 Å². The number of hydrogen-bond donors (Lipinski definition) is 0. The lowest BCUT2D eigenvalue weighted by atomic mass is 9.87. The molecule has 1 aromatic carbocycles. The SMILES string of the molecule is Cc1ccc2nc(CS(=O)(=O)Cc3ccc(C(C)(C)C)cc3)cc(=O)n2c1. The maximum atomic E-state index is 12.6. The fraction of sp³-hybridized carbons (Fsp3) is 0.333. The van der Waals surface area contributed by atoms with Crippen molar-refractivity contribution in [1.82, 2.24) is 9.38 Å². The second-order valence-corrected chi connectivity index (χ2v) is 10.1. The number of benzene rings is 1. The zero-order valence-corrected chi connectivity index (χ0v) is 16.9. The molecule has 5 nitrogen and oxygen atoms in total. The molecule has 0 fully saturated rings. The maximum Gasteiger partial charge on any atom is 0.258 e. The molecule has 0 radical (unpaired) electrons. The van der Waals surface area contributed by atoms with Crippen molar-refractivity contribution in [2.24, 2.45) is 0 Å². The third-order valence-corrected chi connectivity index (χ3v) is 5.94. The van der Waals surface area contributed by atoms with Crippen LogP contribution in [-0.2, 0) is 26.8 Å². The minimum atomic E-state index is -3.44. The molecule has 0 atom stereocenters. The molecule has 142 valence electrons. The van der Waals surface area contributed by atoms with Crippen LogP contribution < -0.4 is 5.56 Å². The summed E-state index contributed by atoms with van der Waals surface area (Å²) in [6.45, 7) is 8.23. The van der Waals surface area contributed by atoms with Gasteiger partial charge in [-0.15, -0.1) is 0 Å². The van der Waals surface area contributed by atoms with Gasteiger partial charge in [-0.25, -0.2) is 13.4 Å². The predicted molar refractivity (Wildman–Crippen MR) is 108 cm³/mol. The Morgan fingerprint density at radius 1 is 1.00 bits per heavy atom. The minimum absolute atomic E-state index is 0.0208. The number of rotatable bonds is 4. The fourth-order valence-electron chi connectivity index (χ4n) is 2.96. The van der Waals surface area contributed by atoms with Gasteiger partial charge in [0.15, 0.2) is 9.84 Å². The standard InChI is InChI=1S/C21H24N2O3S/c1-15-5-10-19-22-18(11-20(24)23(19)12-15)14-27(25,26)13-16-6-8-17(9-7-16)21(2,3)4/h5-12H,13-14H2,1-4H3. The highest BCUT2D eigenvalue weighted by molar-refractivity contribution is 7.89. The predicted octanol–water partition coefficient (Wildman–Crippen LogP) is 3.42. The first-order valence-corrected chi connectivity index (χ1v) is 10.6. The molecule has 0 N–H and O–H groups in total. The number of aryl methyl sites for hydroxylation is 1. The van der Waals surface area contributed by atoms with Crippen molar-refractivity contribution in [3.8, 4) is 0 Å². The molecule has 0 saturated heterocycles. The second kappa shape index (κ2) is 6.93. The van der Waals surface area contributed by atoms with Crippen LogP contribution in [0.1, 0.15) is 43.2 Å². The van der Waals surface area contributed by atoms with E-state index < -0.39 is 9.84 Å². The highest BCUT2D eigenvalue weighted by Crippen LogP contribution is 2.23. The van der Waals surface area contributed by atoms with Crippen LogP contribution in [0.25, 0.3) is 5.65 Å². The first-order chi connectivity index (χ1) is 12.5. The Hall–Kier alpha value is -2.47. The van der Waals surface area contributed by atoms with E-state index in [2.05, 4.69) is 25.8 Å². The summed E-state index contributed by atoms with van der Waals surface area (Å²) in [5, 5.41) is 0. The molecule has 27 heavy (non-hydrogen) atoms. The van der Waals surface area contributed by atoms with Crippen LogP contribution >= 0.6 is 0 Å². The van der Waals surface area contributed by atoms with Crippen LogP contribution in [0.4, 0.5) is 0 Å². The molecule has 0 aliphatic carbocycles. The molecule has 0 spiro atoms. The van der Waals surface area contributed by atoms with Crippen LogP contribution in [-0.4, -0.2) is 17.8 Å². The first-order valence-electron chi connectivity index (χ1n) is 8.82. The van der Waals surface area contributed by atoms with Crippen molar-refractivity contribution in [3.63, 3.8) is 0 Å². The van der Waals surface area contributed by atoms with Gasteiger partial charge in [0.1, 0.15) is 5.65 Å². The third-order valence-electron chi connectivity index (χ3n) is 4.43. The van der Waals surface area contributed by atoms with Gasteiger partial charge in [-0.2, -0.15) is 0 Å².